The Morgan fingerprint density at radius 2 is 1.96 bits per heavy atom. The van der Waals surface area contributed by atoms with Gasteiger partial charge in [-0.1, -0.05) is 28.9 Å². The van der Waals surface area contributed by atoms with E-state index in [0.29, 0.717) is 10.6 Å². The highest BCUT2D eigenvalue weighted by molar-refractivity contribution is 6.44. The molecular formula is C15H13ClN4O4. The Balaban J connectivity index is 1.81. The summed E-state index contributed by atoms with van der Waals surface area (Å²) in [6, 6.07) is 5.74. The van der Waals surface area contributed by atoms with E-state index >= 15 is 0 Å². The molecule has 24 heavy (non-hydrogen) atoms. The van der Waals surface area contributed by atoms with Crippen LogP contribution in [0.2, 0.25) is 5.02 Å². The summed E-state index contributed by atoms with van der Waals surface area (Å²) < 4.78 is 5.07. The molecule has 0 N–H and O–H groups in total. The average Bonchev–Trinajstić information content (AvgIpc) is 3.07. The van der Waals surface area contributed by atoms with Crippen molar-refractivity contribution < 1.29 is 18.9 Å². The first-order valence-electron chi connectivity index (χ1n) is 7.16. The summed E-state index contributed by atoms with van der Waals surface area (Å²) >= 11 is 5.91. The molecule has 0 spiro atoms. The highest BCUT2D eigenvalue weighted by atomic mass is 35.5. The Hall–Kier alpha value is -2.74. The molecule has 0 atom stereocenters. The van der Waals surface area contributed by atoms with Crippen LogP contribution < -0.4 is 0 Å². The fraction of sp³-hybridized carbons (Fsp3) is 0.267. The van der Waals surface area contributed by atoms with E-state index in [0.717, 1.165) is 9.80 Å². The number of rotatable bonds is 4. The first kappa shape index (κ1) is 16.1. The van der Waals surface area contributed by atoms with Crippen LogP contribution in [-0.2, 0) is 16.1 Å². The van der Waals surface area contributed by atoms with Crippen molar-refractivity contribution in [3.8, 4) is 11.4 Å². The van der Waals surface area contributed by atoms with Gasteiger partial charge >= 0.3 is 17.8 Å². The summed E-state index contributed by atoms with van der Waals surface area (Å²) in [4.78, 5) is 41.8. The van der Waals surface area contributed by atoms with Gasteiger partial charge in [-0.25, -0.2) is 9.69 Å². The molecule has 1 aliphatic rings. The van der Waals surface area contributed by atoms with Crippen LogP contribution in [0.25, 0.3) is 11.4 Å². The molecule has 1 saturated heterocycles. The van der Waals surface area contributed by atoms with Crippen molar-refractivity contribution in [1.29, 1.82) is 0 Å². The molecule has 0 bridgehead atoms. The number of amides is 4. The summed E-state index contributed by atoms with van der Waals surface area (Å²) in [6.45, 7) is 3.03. The number of hydrogen-bond donors (Lipinski definition) is 0. The van der Waals surface area contributed by atoms with E-state index in [4.69, 9.17) is 16.1 Å². The molecule has 1 aliphatic heterocycles. The number of halogens is 1. The smallest absolute Gasteiger partial charge is 0.334 e. The third-order valence-electron chi connectivity index (χ3n) is 3.44. The van der Waals surface area contributed by atoms with Crippen LogP contribution in [-0.4, -0.2) is 43.8 Å². The van der Waals surface area contributed by atoms with Gasteiger partial charge in [0.1, 0.15) is 6.54 Å². The lowest BCUT2D eigenvalue weighted by molar-refractivity contribution is -0.144. The zero-order valence-corrected chi connectivity index (χ0v) is 13.6. The van der Waals surface area contributed by atoms with Crippen molar-refractivity contribution in [3.05, 3.63) is 35.2 Å². The molecule has 1 aromatic heterocycles. The van der Waals surface area contributed by atoms with Crippen molar-refractivity contribution in [3.63, 3.8) is 0 Å². The van der Waals surface area contributed by atoms with Gasteiger partial charge in [0.15, 0.2) is 0 Å². The van der Waals surface area contributed by atoms with Crippen LogP contribution in [0.5, 0.6) is 0 Å². The zero-order valence-electron chi connectivity index (χ0n) is 12.9. The second-order valence-electron chi connectivity index (χ2n) is 5.46. The molecule has 3 rings (SSSR count). The molecule has 9 heteroatoms. The third-order valence-corrected chi connectivity index (χ3v) is 3.68. The molecule has 2 aromatic rings. The van der Waals surface area contributed by atoms with Crippen molar-refractivity contribution in [2.24, 2.45) is 0 Å². The maximum absolute atomic E-state index is 12.2. The number of aromatic nitrogens is 2. The van der Waals surface area contributed by atoms with Crippen LogP contribution in [0.15, 0.2) is 28.8 Å². The first-order valence-corrected chi connectivity index (χ1v) is 7.54. The average molecular weight is 349 g/mol. The van der Waals surface area contributed by atoms with Gasteiger partial charge in [0.2, 0.25) is 11.7 Å². The number of hydrogen-bond acceptors (Lipinski definition) is 6. The molecule has 124 valence electrons. The number of urea groups is 1. The Labute approximate surface area is 142 Å². The quantitative estimate of drug-likeness (QED) is 0.620. The van der Waals surface area contributed by atoms with Gasteiger partial charge in [-0.05, 0) is 26.0 Å². The van der Waals surface area contributed by atoms with E-state index < -0.39 is 23.9 Å². The highest BCUT2D eigenvalue weighted by Gasteiger charge is 2.46. The predicted molar refractivity (Wildman–Crippen MR) is 82.7 cm³/mol. The molecule has 0 aliphatic carbocycles. The van der Waals surface area contributed by atoms with Crippen LogP contribution >= 0.6 is 11.6 Å². The second kappa shape index (κ2) is 6.04. The summed E-state index contributed by atoms with van der Waals surface area (Å²) in [5, 5.41) is 4.32. The Bertz CT molecular complexity index is 832. The predicted octanol–water partition coefficient (Wildman–Crippen LogP) is 2.09. The van der Waals surface area contributed by atoms with E-state index in [2.05, 4.69) is 10.1 Å². The Morgan fingerprint density at radius 1 is 1.21 bits per heavy atom. The molecule has 1 aromatic carbocycles. The van der Waals surface area contributed by atoms with Crippen LogP contribution in [0.1, 0.15) is 19.7 Å². The molecule has 0 unspecified atom stereocenters. The highest BCUT2D eigenvalue weighted by Crippen LogP contribution is 2.22. The SMILES string of the molecule is CC(C)N1C(=O)C(=O)N(Cc2nc(-c3cccc(Cl)c3)no2)C1=O. The van der Waals surface area contributed by atoms with Crippen LogP contribution in [0.3, 0.4) is 0 Å². The minimum absolute atomic E-state index is 0.0464. The monoisotopic (exact) mass is 348 g/mol. The van der Waals surface area contributed by atoms with Crippen LogP contribution in [0, 0.1) is 0 Å². The van der Waals surface area contributed by atoms with Gasteiger partial charge in [-0.3, -0.25) is 14.5 Å². The number of carbonyl (C=O) groups excluding carboxylic acids is 3. The topological polar surface area (TPSA) is 96.6 Å². The summed E-state index contributed by atoms with van der Waals surface area (Å²) in [6.07, 6.45) is 0. The lowest BCUT2D eigenvalue weighted by Crippen LogP contribution is -2.37. The minimum Gasteiger partial charge on any atom is -0.337 e. The summed E-state index contributed by atoms with van der Waals surface area (Å²) in [7, 11) is 0. The number of carbonyl (C=O) groups is 3. The molecule has 0 radical (unpaired) electrons. The standard InChI is InChI=1S/C15H13ClN4O4/c1-8(2)20-14(22)13(21)19(15(20)23)7-11-17-12(18-24-11)9-4-3-5-10(16)6-9/h3-6,8H,7H2,1-2H3. The number of imide groups is 2. The van der Waals surface area contributed by atoms with Crippen molar-refractivity contribution in [2.45, 2.75) is 26.4 Å². The third kappa shape index (κ3) is 2.76. The van der Waals surface area contributed by atoms with Gasteiger partial charge in [0.05, 0.1) is 0 Å². The van der Waals surface area contributed by atoms with Crippen LogP contribution in [0.4, 0.5) is 4.79 Å². The Morgan fingerprint density at radius 3 is 2.58 bits per heavy atom. The van der Waals surface area contributed by atoms with Crippen molar-refractivity contribution in [1.82, 2.24) is 19.9 Å². The maximum Gasteiger partial charge on any atom is 0.334 e. The molecule has 4 amide bonds. The van der Waals surface area contributed by atoms with E-state index in [1.165, 1.54) is 0 Å². The first-order chi connectivity index (χ1) is 11.4. The van der Waals surface area contributed by atoms with E-state index in [-0.39, 0.29) is 18.3 Å². The number of nitrogens with zero attached hydrogens (tertiary/aromatic N) is 4. The lowest BCUT2D eigenvalue weighted by atomic mass is 10.2. The molecule has 2 heterocycles. The minimum atomic E-state index is -0.906. The largest absolute Gasteiger partial charge is 0.337 e. The molecule has 1 fully saturated rings. The van der Waals surface area contributed by atoms with E-state index in [1.807, 2.05) is 0 Å². The van der Waals surface area contributed by atoms with Gasteiger partial charge in [0, 0.05) is 16.6 Å². The normalized spacial score (nSPS) is 15.1. The Kier molecular flexibility index (Phi) is 4.06. The van der Waals surface area contributed by atoms with Crippen molar-refractivity contribution in [2.75, 3.05) is 0 Å². The van der Waals surface area contributed by atoms with E-state index in [9.17, 15) is 14.4 Å². The summed E-state index contributed by atoms with van der Waals surface area (Å²) in [5.74, 6) is -1.44. The van der Waals surface area contributed by atoms with Gasteiger partial charge in [-0.2, -0.15) is 4.98 Å². The van der Waals surface area contributed by atoms with E-state index in [1.54, 1.807) is 38.1 Å². The van der Waals surface area contributed by atoms with Gasteiger partial charge < -0.3 is 4.52 Å². The number of benzene rings is 1. The lowest BCUT2D eigenvalue weighted by Gasteiger charge is -2.17. The molecule has 8 nitrogen and oxygen atoms in total. The maximum atomic E-state index is 12.2. The summed E-state index contributed by atoms with van der Waals surface area (Å²) in [5.41, 5.74) is 0.636. The van der Waals surface area contributed by atoms with Crippen molar-refractivity contribution >= 4 is 29.4 Å². The molecule has 0 saturated carbocycles. The fourth-order valence-electron chi connectivity index (χ4n) is 2.32. The fourth-order valence-corrected chi connectivity index (χ4v) is 2.51. The zero-order chi connectivity index (χ0) is 17.4. The van der Waals surface area contributed by atoms with Gasteiger partial charge in [0.25, 0.3) is 0 Å². The van der Waals surface area contributed by atoms with Gasteiger partial charge in [-0.15, -0.1) is 0 Å². The molecular weight excluding hydrogens is 336 g/mol. The second-order valence-corrected chi connectivity index (χ2v) is 5.90.